The molecule has 1 aromatic heterocycles. The van der Waals surface area contributed by atoms with Crippen LogP contribution in [0, 0.1) is 12.3 Å². The van der Waals surface area contributed by atoms with E-state index in [1.165, 1.54) is 15.6 Å². The van der Waals surface area contributed by atoms with Gasteiger partial charge in [-0.05, 0) is 31.9 Å². The summed E-state index contributed by atoms with van der Waals surface area (Å²) in [5.41, 5.74) is 1.45. The molecule has 1 unspecified atom stereocenters. The van der Waals surface area contributed by atoms with Gasteiger partial charge < -0.3 is 5.11 Å². The number of benzene rings is 1. The molecule has 1 aromatic carbocycles. The number of aryl methyl sites for hydroxylation is 1. The Hall–Kier alpha value is -1.28. The third-order valence-electron chi connectivity index (χ3n) is 4.86. The molecule has 0 aliphatic carbocycles. The van der Waals surface area contributed by atoms with Gasteiger partial charge in [0, 0.05) is 35.1 Å². The van der Waals surface area contributed by atoms with Crippen LogP contribution in [0.15, 0.2) is 34.5 Å². The van der Waals surface area contributed by atoms with E-state index < -0.39 is 10.0 Å². The van der Waals surface area contributed by atoms with Gasteiger partial charge in [0.1, 0.15) is 5.01 Å². The van der Waals surface area contributed by atoms with Crippen LogP contribution in [0.4, 0.5) is 0 Å². The average molecular weight is 381 g/mol. The van der Waals surface area contributed by atoms with Crippen molar-refractivity contribution in [3.05, 3.63) is 35.3 Å². The fraction of sp³-hybridized carbons (Fsp3) is 0.500. The van der Waals surface area contributed by atoms with Crippen molar-refractivity contribution in [1.29, 1.82) is 0 Å². The first kappa shape index (κ1) is 18.5. The molecular formula is C18H24N2O3S2. The van der Waals surface area contributed by atoms with E-state index in [1.807, 2.05) is 18.4 Å². The summed E-state index contributed by atoms with van der Waals surface area (Å²) < 4.78 is 27.6. The topological polar surface area (TPSA) is 70.5 Å². The van der Waals surface area contributed by atoms with Crippen LogP contribution >= 0.6 is 11.3 Å². The predicted molar refractivity (Wildman–Crippen MR) is 100 cm³/mol. The molecule has 3 rings (SSSR count). The Balaban J connectivity index is 1.88. The van der Waals surface area contributed by atoms with Gasteiger partial charge in [0.25, 0.3) is 0 Å². The minimum atomic E-state index is -3.56. The zero-order valence-corrected chi connectivity index (χ0v) is 16.2. The number of aliphatic hydroxyl groups is 1. The zero-order valence-electron chi connectivity index (χ0n) is 14.6. The van der Waals surface area contributed by atoms with Crippen LogP contribution in [-0.2, 0) is 10.0 Å². The summed E-state index contributed by atoms with van der Waals surface area (Å²) in [5.74, 6) is 0. The Labute approximate surface area is 153 Å². The van der Waals surface area contributed by atoms with E-state index >= 15 is 0 Å². The molecule has 5 nitrogen and oxygen atoms in total. The van der Waals surface area contributed by atoms with Crippen LogP contribution in [-0.4, -0.2) is 42.5 Å². The number of aromatic nitrogens is 1. The first-order valence-corrected chi connectivity index (χ1v) is 10.9. The molecule has 2 heterocycles. The quantitative estimate of drug-likeness (QED) is 0.835. The highest BCUT2D eigenvalue weighted by Crippen LogP contribution is 2.37. The van der Waals surface area contributed by atoms with E-state index in [-0.39, 0.29) is 12.0 Å². The van der Waals surface area contributed by atoms with Crippen molar-refractivity contribution in [3.8, 4) is 10.6 Å². The molecular weight excluding hydrogens is 356 g/mol. The molecule has 0 amide bonds. The minimum Gasteiger partial charge on any atom is -0.396 e. The Morgan fingerprint density at radius 3 is 2.84 bits per heavy atom. The molecule has 1 aliphatic rings. The van der Waals surface area contributed by atoms with E-state index in [1.54, 1.807) is 18.2 Å². The summed E-state index contributed by atoms with van der Waals surface area (Å²) in [5, 5.41) is 12.5. The smallest absolute Gasteiger partial charge is 0.243 e. The van der Waals surface area contributed by atoms with E-state index in [4.69, 9.17) is 0 Å². The Morgan fingerprint density at radius 2 is 2.20 bits per heavy atom. The van der Waals surface area contributed by atoms with Crippen LogP contribution in [0.2, 0.25) is 0 Å². The lowest BCUT2D eigenvalue weighted by molar-refractivity contribution is 0.127. The lowest BCUT2D eigenvalue weighted by atomic mass is 9.84. The number of rotatable bonds is 6. The number of hydrogen-bond acceptors (Lipinski definition) is 5. The Kier molecular flexibility index (Phi) is 5.29. The van der Waals surface area contributed by atoms with Gasteiger partial charge in [-0.3, -0.25) is 0 Å². The van der Waals surface area contributed by atoms with Crippen molar-refractivity contribution in [1.82, 2.24) is 9.29 Å². The zero-order chi connectivity index (χ0) is 18.1. The van der Waals surface area contributed by atoms with Gasteiger partial charge in [-0.2, -0.15) is 4.31 Å². The average Bonchev–Trinajstić information content (AvgIpc) is 3.23. The lowest BCUT2D eigenvalue weighted by Gasteiger charge is -2.26. The monoisotopic (exact) mass is 380 g/mol. The first-order chi connectivity index (χ1) is 11.9. The second-order valence-electron chi connectivity index (χ2n) is 6.82. The van der Waals surface area contributed by atoms with Gasteiger partial charge in [0.05, 0.1) is 11.5 Å². The normalized spacial score (nSPS) is 21.7. The molecule has 136 valence electrons. The summed E-state index contributed by atoms with van der Waals surface area (Å²) in [6.07, 6.45) is 2.49. The molecule has 1 aliphatic heterocycles. The van der Waals surface area contributed by atoms with Gasteiger partial charge in [-0.15, -0.1) is 11.3 Å². The molecule has 0 bridgehead atoms. The molecule has 1 atom stereocenters. The standard InChI is InChI=1S/C18H24N2O3S2/c1-3-7-18(13-21)8-9-20(12-18)25(22,23)16-6-4-5-15(10-16)17-19-14(2)11-24-17/h4-6,10-11,21H,3,7-9,12-13H2,1-2H3. The molecule has 0 saturated carbocycles. The number of hydrogen-bond donors (Lipinski definition) is 1. The number of sulfonamides is 1. The molecule has 2 aromatic rings. The maximum atomic E-state index is 13.1. The number of aliphatic hydroxyl groups excluding tert-OH is 1. The van der Waals surface area contributed by atoms with Crippen LogP contribution in [0.25, 0.3) is 10.6 Å². The van der Waals surface area contributed by atoms with Crippen LogP contribution in [0.3, 0.4) is 0 Å². The van der Waals surface area contributed by atoms with Crippen molar-refractivity contribution in [2.75, 3.05) is 19.7 Å². The van der Waals surface area contributed by atoms with E-state index in [0.29, 0.717) is 24.4 Å². The number of thiazole rings is 1. The highest BCUT2D eigenvalue weighted by Gasteiger charge is 2.42. The van der Waals surface area contributed by atoms with Crippen molar-refractivity contribution in [2.24, 2.45) is 5.41 Å². The molecule has 1 saturated heterocycles. The second-order valence-corrected chi connectivity index (χ2v) is 9.61. The highest BCUT2D eigenvalue weighted by molar-refractivity contribution is 7.89. The maximum Gasteiger partial charge on any atom is 0.243 e. The second kappa shape index (κ2) is 7.15. The summed E-state index contributed by atoms with van der Waals surface area (Å²) in [4.78, 5) is 4.73. The van der Waals surface area contributed by atoms with Gasteiger partial charge in [-0.25, -0.2) is 13.4 Å². The molecule has 1 fully saturated rings. The molecule has 0 radical (unpaired) electrons. The van der Waals surface area contributed by atoms with Gasteiger partial charge >= 0.3 is 0 Å². The largest absolute Gasteiger partial charge is 0.396 e. The SMILES string of the molecule is CCCC1(CO)CCN(S(=O)(=O)c2cccc(-c3nc(C)cs3)c2)C1. The highest BCUT2D eigenvalue weighted by atomic mass is 32.2. The molecule has 25 heavy (non-hydrogen) atoms. The molecule has 7 heteroatoms. The predicted octanol–water partition coefficient (Wildman–Crippen LogP) is 3.29. The first-order valence-electron chi connectivity index (χ1n) is 8.54. The molecule has 0 spiro atoms. The van der Waals surface area contributed by atoms with Crippen LogP contribution in [0.1, 0.15) is 31.9 Å². The summed E-state index contributed by atoms with van der Waals surface area (Å²) in [6.45, 7) is 4.87. The summed E-state index contributed by atoms with van der Waals surface area (Å²) >= 11 is 1.51. The Morgan fingerprint density at radius 1 is 1.40 bits per heavy atom. The minimum absolute atomic E-state index is 0.0330. The third kappa shape index (κ3) is 3.65. The fourth-order valence-electron chi connectivity index (χ4n) is 3.47. The summed E-state index contributed by atoms with van der Waals surface area (Å²) in [7, 11) is -3.56. The summed E-state index contributed by atoms with van der Waals surface area (Å²) in [6, 6.07) is 6.99. The fourth-order valence-corrected chi connectivity index (χ4v) is 5.86. The van der Waals surface area contributed by atoms with E-state index in [0.717, 1.165) is 29.1 Å². The van der Waals surface area contributed by atoms with Crippen LogP contribution < -0.4 is 0 Å². The van der Waals surface area contributed by atoms with Crippen molar-refractivity contribution < 1.29 is 13.5 Å². The Bertz CT molecular complexity index is 848. The molecule has 1 N–H and O–H groups in total. The van der Waals surface area contributed by atoms with Crippen LogP contribution in [0.5, 0.6) is 0 Å². The lowest BCUT2D eigenvalue weighted by Crippen LogP contribution is -2.34. The van der Waals surface area contributed by atoms with E-state index in [9.17, 15) is 13.5 Å². The van der Waals surface area contributed by atoms with Gasteiger partial charge in [-0.1, -0.05) is 25.5 Å². The van der Waals surface area contributed by atoms with Crippen molar-refractivity contribution >= 4 is 21.4 Å². The van der Waals surface area contributed by atoms with Gasteiger partial charge in [0.2, 0.25) is 10.0 Å². The maximum absolute atomic E-state index is 13.1. The van der Waals surface area contributed by atoms with Gasteiger partial charge in [0.15, 0.2) is 0 Å². The number of nitrogens with zero attached hydrogens (tertiary/aromatic N) is 2. The third-order valence-corrected chi connectivity index (χ3v) is 7.71. The van der Waals surface area contributed by atoms with E-state index in [2.05, 4.69) is 11.9 Å². The van der Waals surface area contributed by atoms with Crippen molar-refractivity contribution in [2.45, 2.75) is 38.0 Å². The van der Waals surface area contributed by atoms with Crippen molar-refractivity contribution in [3.63, 3.8) is 0 Å².